The zero-order valence-electron chi connectivity index (χ0n) is 14.1. The first-order valence-corrected chi connectivity index (χ1v) is 8.49. The molecule has 6 nitrogen and oxygen atoms in total. The number of β-amino-alcohol motifs (C(OH)–C–C–N with tert-alkyl or cyclic N) is 1. The predicted octanol–water partition coefficient (Wildman–Crippen LogP) is 1.47. The fraction of sp³-hybridized carbons (Fsp3) is 0.647. The number of aryl methyl sites for hydroxylation is 2. The van der Waals surface area contributed by atoms with Gasteiger partial charge in [-0.05, 0) is 57.8 Å². The molecule has 0 unspecified atom stereocenters. The zero-order valence-corrected chi connectivity index (χ0v) is 14.1. The Kier molecular flexibility index (Phi) is 5.13. The Morgan fingerprint density at radius 2 is 2.04 bits per heavy atom. The second kappa shape index (κ2) is 7.27. The van der Waals surface area contributed by atoms with E-state index >= 15 is 0 Å². The standard InChI is InChI=1S/C17H27N5O/c1-14-10-15(2)22(19-14)11-16-4-8-20(9-5-16)12-17(23)13-21-7-3-6-18-21/h3,6-7,10,16-17,23H,4-5,8-9,11-13H2,1-2H3/t17-/m1/s1. The Morgan fingerprint density at radius 1 is 1.26 bits per heavy atom. The molecule has 0 spiro atoms. The highest BCUT2D eigenvalue weighted by molar-refractivity contribution is 5.06. The van der Waals surface area contributed by atoms with E-state index in [2.05, 4.69) is 32.8 Å². The third-order valence-corrected chi connectivity index (χ3v) is 4.67. The molecule has 1 N–H and O–H groups in total. The monoisotopic (exact) mass is 317 g/mol. The molecule has 0 amide bonds. The van der Waals surface area contributed by atoms with E-state index in [0.29, 0.717) is 12.5 Å². The van der Waals surface area contributed by atoms with Crippen molar-refractivity contribution in [3.05, 3.63) is 35.9 Å². The van der Waals surface area contributed by atoms with E-state index in [4.69, 9.17) is 0 Å². The number of aliphatic hydroxyl groups is 1. The maximum Gasteiger partial charge on any atom is 0.0862 e. The fourth-order valence-corrected chi connectivity index (χ4v) is 3.44. The summed E-state index contributed by atoms with van der Waals surface area (Å²) in [5.41, 5.74) is 2.35. The van der Waals surface area contributed by atoms with E-state index in [-0.39, 0.29) is 6.10 Å². The van der Waals surface area contributed by atoms with Crippen LogP contribution in [-0.2, 0) is 13.1 Å². The number of nitrogens with zero attached hydrogens (tertiary/aromatic N) is 5. The lowest BCUT2D eigenvalue weighted by molar-refractivity contribution is 0.0732. The van der Waals surface area contributed by atoms with Crippen molar-refractivity contribution in [1.82, 2.24) is 24.5 Å². The molecule has 1 atom stereocenters. The van der Waals surface area contributed by atoms with Gasteiger partial charge in [0.15, 0.2) is 0 Å². The molecule has 1 fully saturated rings. The lowest BCUT2D eigenvalue weighted by Crippen LogP contribution is -2.41. The van der Waals surface area contributed by atoms with Crippen LogP contribution in [0.4, 0.5) is 0 Å². The van der Waals surface area contributed by atoms with Gasteiger partial charge in [-0.25, -0.2) is 0 Å². The van der Waals surface area contributed by atoms with Crippen molar-refractivity contribution in [2.75, 3.05) is 19.6 Å². The van der Waals surface area contributed by atoms with Gasteiger partial charge in [0, 0.05) is 31.2 Å². The van der Waals surface area contributed by atoms with Crippen LogP contribution in [0.2, 0.25) is 0 Å². The molecule has 0 bridgehead atoms. The third-order valence-electron chi connectivity index (χ3n) is 4.67. The van der Waals surface area contributed by atoms with Crippen molar-refractivity contribution in [1.29, 1.82) is 0 Å². The molecular weight excluding hydrogens is 290 g/mol. The number of hydrogen-bond acceptors (Lipinski definition) is 4. The van der Waals surface area contributed by atoms with E-state index in [9.17, 15) is 5.11 Å². The average Bonchev–Trinajstić information content (AvgIpc) is 3.11. The van der Waals surface area contributed by atoms with Crippen molar-refractivity contribution in [2.45, 2.75) is 45.9 Å². The highest BCUT2D eigenvalue weighted by Gasteiger charge is 2.22. The van der Waals surface area contributed by atoms with Gasteiger partial charge in [0.2, 0.25) is 0 Å². The van der Waals surface area contributed by atoms with Gasteiger partial charge in [-0.3, -0.25) is 9.36 Å². The van der Waals surface area contributed by atoms with Crippen molar-refractivity contribution < 1.29 is 5.11 Å². The minimum absolute atomic E-state index is 0.359. The quantitative estimate of drug-likeness (QED) is 0.876. The van der Waals surface area contributed by atoms with Gasteiger partial charge < -0.3 is 10.0 Å². The molecule has 6 heteroatoms. The van der Waals surface area contributed by atoms with Gasteiger partial charge in [0.25, 0.3) is 0 Å². The minimum atomic E-state index is -0.359. The molecule has 1 aliphatic rings. The van der Waals surface area contributed by atoms with Crippen molar-refractivity contribution in [2.24, 2.45) is 5.92 Å². The van der Waals surface area contributed by atoms with Crippen LogP contribution in [0.3, 0.4) is 0 Å². The first-order valence-electron chi connectivity index (χ1n) is 8.49. The van der Waals surface area contributed by atoms with Crippen LogP contribution in [0.5, 0.6) is 0 Å². The molecule has 0 aliphatic carbocycles. The molecule has 0 radical (unpaired) electrons. The van der Waals surface area contributed by atoms with Gasteiger partial charge in [0.05, 0.1) is 18.3 Å². The summed E-state index contributed by atoms with van der Waals surface area (Å²) >= 11 is 0. The second-order valence-electron chi connectivity index (χ2n) is 6.74. The fourth-order valence-electron chi connectivity index (χ4n) is 3.44. The van der Waals surface area contributed by atoms with Crippen LogP contribution in [0.1, 0.15) is 24.2 Å². The van der Waals surface area contributed by atoms with E-state index in [0.717, 1.165) is 31.9 Å². The van der Waals surface area contributed by atoms with Crippen LogP contribution in [-0.4, -0.2) is 55.3 Å². The topological polar surface area (TPSA) is 59.1 Å². The summed E-state index contributed by atoms with van der Waals surface area (Å²) < 4.78 is 3.93. The van der Waals surface area contributed by atoms with Crippen molar-refractivity contribution in [3.8, 4) is 0 Å². The van der Waals surface area contributed by atoms with Gasteiger partial charge >= 0.3 is 0 Å². The Morgan fingerprint density at radius 3 is 2.65 bits per heavy atom. The molecule has 0 aromatic carbocycles. The smallest absolute Gasteiger partial charge is 0.0862 e. The maximum atomic E-state index is 10.2. The number of hydrogen-bond donors (Lipinski definition) is 1. The van der Waals surface area contributed by atoms with E-state index in [1.807, 2.05) is 19.2 Å². The van der Waals surface area contributed by atoms with Crippen LogP contribution in [0.25, 0.3) is 0 Å². The van der Waals surface area contributed by atoms with Crippen molar-refractivity contribution in [3.63, 3.8) is 0 Å². The summed E-state index contributed by atoms with van der Waals surface area (Å²) in [5, 5.41) is 18.9. The predicted molar refractivity (Wildman–Crippen MR) is 89.1 cm³/mol. The molecule has 1 saturated heterocycles. The van der Waals surface area contributed by atoms with Gasteiger partial charge in [-0.2, -0.15) is 10.2 Å². The summed E-state index contributed by atoms with van der Waals surface area (Å²) in [6.07, 6.45) is 5.63. The lowest BCUT2D eigenvalue weighted by Gasteiger charge is -2.33. The van der Waals surface area contributed by atoms with E-state index < -0.39 is 0 Å². The number of likely N-dealkylation sites (tertiary alicyclic amines) is 1. The Labute approximate surface area is 137 Å². The molecule has 2 aromatic heterocycles. The second-order valence-corrected chi connectivity index (χ2v) is 6.74. The maximum absolute atomic E-state index is 10.2. The molecule has 126 valence electrons. The Balaban J connectivity index is 1.42. The largest absolute Gasteiger partial charge is 0.390 e. The highest BCUT2D eigenvalue weighted by atomic mass is 16.3. The Bertz CT molecular complexity index is 599. The van der Waals surface area contributed by atoms with E-state index in [1.54, 1.807) is 10.9 Å². The lowest BCUT2D eigenvalue weighted by atomic mass is 9.96. The summed E-state index contributed by atoms with van der Waals surface area (Å²) in [7, 11) is 0. The molecule has 1 aliphatic heterocycles. The highest BCUT2D eigenvalue weighted by Crippen LogP contribution is 2.20. The molecule has 3 heterocycles. The van der Waals surface area contributed by atoms with Gasteiger partial charge in [-0.15, -0.1) is 0 Å². The molecule has 0 saturated carbocycles. The van der Waals surface area contributed by atoms with Crippen LogP contribution in [0, 0.1) is 19.8 Å². The summed E-state index contributed by atoms with van der Waals surface area (Å²) in [6.45, 7) is 8.60. The van der Waals surface area contributed by atoms with Crippen LogP contribution < -0.4 is 0 Å². The average molecular weight is 317 g/mol. The van der Waals surface area contributed by atoms with E-state index in [1.165, 1.54) is 18.5 Å². The summed E-state index contributed by atoms with van der Waals surface area (Å²) in [4.78, 5) is 2.37. The van der Waals surface area contributed by atoms with Crippen LogP contribution >= 0.6 is 0 Å². The molecular formula is C17H27N5O. The summed E-state index contributed by atoms with van der Waals surface area (Å²) in [6, 6.07) is 4.03. The number of aromatic nitrogens is 4. The van der Waals surface area contributed by atoms with Crippen LogP contribution in [0.15, 0.2) is 24.5 Å². The molecule has 2 aromatic rings. The number of rotatable bonds is 6. The molecule has 3 rings (SSSR count). The summed E-state index contributed by atoms with van der Waals surface area (Å²) in [5.74, 6) is 0.688. The third kappa shape index (κ3) is 4.42. The number of aliphatic hydroxyl groups excluding tert-OH is 1. The van der Waals surface area contributed by atoms with Gasteiger partial charge in [-0.1, -0.05) is 0 Å². The normalized spacial score (nSPS) is 18.4. The van der Waals surface area contributed by atoms with Crippen molar-refractivity contribution >= 4 is 0 Å². The first-order chi connectivity index (χ1) is 11.1. The number of piperidine rings is 1. The van der Waals surface area contributed by atoms with Gasteiger partial charge in [0.1, 0.15) is 0 Å². The first kappa shape index (κ1) is 16.2. The molecule has 23 heavy (non-hydrogen) atoms. The minimum Gasteiger partial charge on any atom is -0.390 e. The SMILES string of the molecule is Cc1cc(C)n(CC2CCN(C[C@@H](O)Cn3cccn3)CC2)n1. The Hall–Kier alpha value is -1.66. The zero-order chi connectivity index (χ0) is 16.2.